The van der Waals surface area contributed by atoms with E-state index in [1.165, 1.54) is 11.8 Å². The maximum atomic E-state index is 11.7. The number of rotatable bonds is 2. The first-order chi connectivity index (χ1) is 11.1. The van der Waals surface area contributed by atoms with Crippen molar-refractivity contribution >= 4 is 51.3 Å². The second kappa shape index (κ2) is 5.32. The lowest BCUT2D eigenvalue weighted by Crippen LogP contribution is -2.17. The summed E-state index contributed by atoms with van der Waals surface area (Å²) < 4.78 is 8.09. The molecule has 0 spiro atoms. The molecule has 0 radical (unpaired) electrons. The van der Waals surface area contributed by atoms with Gasteiger partial charge in [-0.1, -0.05) is 24.0 Å². The third-order valence-electron chi connectivity index (χ3n) is 3.37. The zero-order chi connectivity index (χ0) is 16.0. The van der Waals surface area contributed by atoms with Gasteiger partial charge < -0.3 is 9.73 Å². The number of thiocarbonyl (C=S) groups is 1. The molecule has 4 heterocycles. The van der Waals surface area contributed by atoms with E-state index in [0.29, 0.717) is 20.6 Å². The fourth-order valence-electron chi connectivity index (χ4n) is 2.37. The van der Waals surface area contributed by atoms with Crippen LogP contribution >= 0.6 is 24.0 Å². The number of hydrogen-bond donors (Lipinski definition) is 1. The smallest absolute Gasteiger partial charge is 0.263 e. The zero-order valence-electron chi connectivity index (χ0n) is 11.9. The molecule has 8 heteroatoms. The van der Waals surface area contributed by atoms with Gasteiger partial charge in [-0.05, 0) is 6.07 Å². The van der Waals surface area contributed by atoms with E-state index >= 15 is 0 Å². The van der Waals surface area contributed by atoms with Crippen molar-refractivity contribution in [2.75, 3.05) is 0 Å². The van der Waals surface area contributed by atoms with Gasteiger partial charge in [-0.25, -0.2) is 0 Å². The summed E-state index contributed by atoms with van der Waals surface area (Å²) in [5.74, 6) is 0.381. The standard InChI is InChI=1S/C15H10N4O2S2/c1-19-7-9(5-17-19)11-6-16-4-8-2-10(21-13(8)11)3-12-14(20)18-15(22)23-12/h2-7H,1H3,(H,18,20,22)/b12-3-. The Labute approximate surface area is 140 Å². The number of thioether (sulfide) groups is 1. The number of nitrogens with one attached hydrogen (secondary N) is 1. The molecule has 23 heavy (non-hydrogen) atoms. The Bertz CT molecular complexity index is 986. The van der Waals surface area contributed by atoms with E-state index in [9.17, 15) is 4.79 Å². The summed E-state index contributed by atoms with van der Waals surface area (Å²) in [4.78, 5) is 16.5. The molecule has 1 aliphatic rings. The molecular weight excluding hydrogens is 332 g/mol. The highest BCUT2D eigenvalue weighted by Crippen LogP contribution is 2.32. The molecule has 1 N–H and O–H groups in total. The topological polar surface area (TPSA) is 73.0 Å². The highest BCUT2D eigenvalue weighted by Gasteiger charge is 2.23. The molecule has 0 aliphatic carbocycles. The third-order valence-corrected chi connectivity index (χ3v) is 4.54. The van der Waals surface area contributed by atoms with Crippen LogP contribution in [0.4, 0.5) is 0 Å². The molecule has 3 aromatic rings. The Morgan fingerprint density at radius 1 is 1.39 bits per heavy atom. The molecule has 1 amide bonds. The molecule has 0 unspecified atom stereocenters. The number of aromatic nitrogens is 3. The molecule has 3 aromatic heterocycles. The van der Waals surface area contributed by atoms with E-state index in [1.807, 2.05) is 19.3 Å². The van der Waals surface area contributed by atoms with Crippen molar-refractivity contribution in [3.8, 4) is 11.1 Å². The number of carbonyl (C=O) groups is 1. The number of amides is 1. The third kappa shape index (κ3) is 2.55. The number of nitrogens with zero attached hydrogens (tertiary/aromatic N) is 3. The highest BCUT2D eigenvalue weighted by molar-refractivity contribution is 8.26. The van der Waals surface area contributed by atoms with E-state index in [-0.39, 0.29) is 5.91 Å². The minimum Gasteiger partial charge on any atom is -0.456 e. The number of aryl methyl sites for hydroxylation is 1. The summed E-state index contributed by atoms with van der Waals surface area (Å²) >= 11 is 6.21. The molecule has 0 saturated carbocycles. The second-order valence-electron chi connectivity index (χ2n) is 5.01. The normalized spacial score (nSPS) is 16.5. The summed E-state index contributed by atoms with van der Waals surface area (Å²) in [6, 6.07) is 1.85. The maximum Gasteiger partial charge on any atom is 0.263 e. The molecule has 0 bridgehead atoms. The molecule has 0 atom stereocenters. The van der Waals surface area contributed by atoms with Crippen LogP contribution in [-0.2, 0) is 11.8 Å². The number of pyridine rings is 1. The van der Waals surface area contributed by atoms with Gasteiger partial charge in [0.2, 0.25) is 0 Å². The fraction of sp³-hybridized carbons (Fsp3) is 0.0667. The monoisotopic (exact) mass is 342 g/mol. The van der Waals surface area contributed by atoms with Crippen LogP contribution < -0.4 is 5.32 Å². The number of hydrogen-bond acceptors (Lipinski definition) is 6. The second-order valence-corrected chi connectivity index (χ2v) is 6.73. The quantitative estimate of drug-likeness (QED) is 0.570. The van der Waals surface area contributed by atoms with E-state index in [1.54, 1.807) is 29.3 Å². The van der Waals surface area contributed by atoms with Gasteiger partial charge in [-0.15, -0.1) is 0 Å². The lowest BCUT2D eigenvalue weighted by atomic mass is 10.1. The highest BCUT2D eigenvalue weighted by atomic mass is 32.2. The van der Waals surface area contributed by atoms with Crippen molar-refractivity contribution in [3.63, 3.8) is 0 Å². The summed E-state index contributed by atoms with van der Waals surface area (Å²) in [7, 11) is 1.86. The van der Waals surface area contributed by atoms with E-state index in [4.69, 9.17) is 16.6 Å². The molecule has 6 nitrogen and oxygen atoms in total. The van der Waals surface area contributed by atoms with Crippen molar-refractivity contribution in [3.05, 3.63) is 41.5 Å². The van der Waals surface area contributed by atoms with E-state index in [0.717, 1.165) is 16.5 Å². The Hall–Kier alpha value is -2.45. The van der Waals surface area contributed by atoms with Crippen LogP contribution in [0.5, 0.6) is 0 Å². The molecule has 1 aliphatic heterocycles. The fourth-order valence-corrected chi connectivity index (χ4v) is 3.39. The Balaban J connectivity index is 1.81. The van der Waals surface area contributed by atoms with Crippen LogP contribution in [0.15, 0.2) is 40.2 Å². The van der Waals surface area contributed by atoms with Gasteiger partial charge in [-0.3, -0.25) is 14.5 Å². The van der Waals surface area contributed by atoms with Gasteiger partial charge in [0.1, 0.15) is 15.7 Å². The molecule has 4 rings (SSSR count). The maximum absolute atomic E-state index is 11.7. The van der Waals surface area contributed by atoms with Crippen molar-refractivity contribution in [2.24, 2.45) is 7.05 Å². The van der Waals surface area contributed by atoms with Gasteiger partial charge in [-0.2, -0.15) is 5.10 Å². The van der Waals surface area contributed by atoms with Gasteiger partial charge >= 0.3 is 0 Å². The first-order valence-electron chi connectivity index (χ1n) is 6.71. The molecule has 114 valence electrons. The zero-order valence-corrected chi connectivity index (χ0v) is 13.6. The van der Waals surface area contributed by atoms with E-state index < -0.39 is 0 Å². The Morgan fingerprint density at radius 2 is 2.26 bits per heavy atom. The first kappa shape index (κ1) is 14.2. The summed E-state index contributed by atoms with van der Waals surface area (Å²) in [6.07, 6.45) is 8.82. The SMILES string of the molecule is Cn1cc(-c2cncc3cc(/C=C4\SC(=S)NC4=O)oc23)cn1. The predicted molar refractivity (Wildman–Crippen MR) is 92.5 cm³/mol. The lowest BCUT2D eigenvalue weighted by molar-refractivity contribution is -0.115. The number of furan rings is 1. The van der Waals surface area contributed by atoms with Crippen LogP contribution in [0, 0.1) is 0 Å². The van der Waals surface area contributed by atoms with Crippen LogP contribution in [0.1, 0.15) is 5.76 Å². The van der Waals surface area contributed by atoms with Crippen molar-refractivity contribution in [1.29, 1.82) is 0 Å². The summed E-state index contributed by atoms with van der Waals surface area (Å²) in [6.45, 7) is 0. The summed E-state index contributed by atoms with van der Waals surface area (Å²) in [5, 5.41) is 7.62. The van der Waals surface area contributed by atoms with Crippen LogP contribution in [-0.4, -0.2) is 25.0 Å². The molecule has 1 fully saturated rings. The average molecular weight is 342 g/mol. The van der Waals surface area contributed by atoms with Crippen LogP contribution in [0.25, 0.3) is 28.2 Å². The van der Waals surface area contributed by atoms with Gasteiger partial charge in [0.15, 0.2) is 0 Å². The minimum atomic E-state index is -0.203. The van der Waals surface area contributed by atoms with Crippen LogP contribution in [0.3, 0.4) is 0 Å². The number of carbonyl (C=O) groups excluding carboxylic acids is 1. The Morgan fingerprint density at radius 3 is 2.96 bits per heavy atom. The molecule has 1 saturated heterocycles. The van der Waals surface area contributed by atoms with Gasteiger partial charge in [0, 0.05) is 48.2 Å². The van der Waals surface area contributed by atoms with Gasteiger partial charge in [0.05, 0.1) is 11.1 Å². The molecular formula is C15H10N4O2S2. The van der Waals surface area contributed by atoms with Gasteiger partial charge in [0.25, 0.3) is 5.91 Å². The van der Waals surface area contributed by atoms with Crippen LogP contribution in [0.2, 0.25) is 0 Å². The Kier molecular flexibility index (Phi) is 3.28. The number of fused-ring (bicyclic) bond motifs is 1. The van der Waals surface area contributed by atoms with E-state index in [2.05, 4.69) is 15.4 Å². The largest absolute Gasteiger partial charge is 0.456 e. The minimum absolute atomic E-state index is 0.203. The average Bonchev–Trinajstić information content (AvgIpc) is 3.18. The predicted octanol–water partition coefficient (Wildman–Crippen LogP) is 2.72. The first-order valence-corrected chi connectivity index (χ1v) is 7.94. The summed E-state index contributed by atoms with van der Waals surface area (Å²) in [5.41, 5.74) is 2.50. The van der Waals surface area contributed by atoms with Crippen molar-refractivity contribution in [1.82, 2.24) is 20.1 Å². The molecule has 0 aromatic carbocycles. The van der Waals surface area contributed by atoms with Crippen molar-refractivity contribution < 1.29 is 9.21 Å². The lowest BCUT2D eigenvalue weighted by Gasteiger charge is -1.97. The van der Waals surface area contributed by atoms with Crippen molar-refractivity contribution in [2.45, 2.75) is 0 Å².